The van der Waals surface area contributed by atoms with Gasteiger partial charge in [-0.2, -0.15) is 0 Å². The number of aromatic amines is 1. The van der Waals surface area contributed by atoms with E-state index < -0.39 is 6.10 Å². The quantitative estimate of drug-likeness (QED) is 0.319. The van der Waals surface area contributed by atoms with Gasteiger partial charge in [0.1, 0.15) is 34.9 Å². The van der Waals surface area contributed by atoms with Gasteiger partial charge in [-0.05, 0) is 35.7 Å². The van der Waals surface area contributed by atoms with Crippen LogP contribution >= 0.6 is 11.3 Å². The SMILES string of the molecule is COc1ccc(-c2csc3nc(CN(CC(C)C)CC(O)COc4ccccc4)[nH]c(=O)c23)cc1. The third-order valence-electron chi connectivity index (χ3n) is 5.55. The van der Waals surface area contributed by atoms with Crippen LogP contribution in [0, 0.1) is 5.92 Å². The molecule has 2 N–H and O–H groups in total. The topological polar surface area (TPSA) is 87.7 Å². The number of aliphatic hydroxyl groups is 1. The highest BCUT2D eigenvalue weighted by molar-refractivity contribution is 7.17. The van der Waals surface area contributed by atoms with E-state index in [0.717, 1.165) is 29.2 Å². The largest absolute Gasteiger partial charge is 0.497 e. The molecule has 0 spiro atoms. The van der Waals surface area contributed by atoms with E-state index in [0.29, 0.717) is 35.0 Å². The Bertz CT molecular complexity index is 1290. The maximum absolute atomic E-state index is 13.1. The summed E-state index contributed by atoms with van der Waals surface area (Å²) in [5, 5.41) is 13.2. The molecule has 0 radical (unpaired) electrons. The number of H-pyrrole nitrogens is 1. The number of benzene rings is 2. The van der Waals surface area contributed by atoms with E-state index in [1.165, 1.54) is 11.3 Å². The van der Waals surface area contributed by atoms with Crippen LogP contribution in [-0.4, -0.2) is 52.9 Å². The normalized spacial score (nSPS) is 12.4. The van der Waals surface area contributed by atoms with Crippen molar-refractivity contribution in [3.05, 3.63) is 76.2 Å². The van der Waals surface area contributed by atoms with Crippen molar-refractivity contribution >= 4 is 21.6 Å². The lowest BCUT2D eigenvalue weighted by Gasteiger charge is -2.26. The Hall–Kier alpha value is -3.20. The molecule has 7 nitrogen and oxygen atoms in total. The average molecular weight is 494 g/mol. The van der Waals surface area contributed by atoms with E-state index >= 15 is 0 Å². The van der Waals surface area contributed by atoms with Crippen LogP contribution in [0.5, 0.6) is 11.5 Å². The Morgan fingerprint density at radius 1 is 1.06 bits per heavy atom. The van der Waals surface area contributed by atoms with Crippen LogP contribution in [0.4, 0.5) is 0 Å². The molecule has 4 rings (SSSR count). The monoisotopic (exact) mass is 493 g/mol. The van der Waals surface area contributed by atoms with Gasteiger partial charge < -0.3 is 19.6 Å². The van der Waals surface area contributed by atoms with Crippen LogP contribution in [0.2, 0.25) is 0 Å². The Morgan fingerprint density at radius 3 is 2.49 bits per heavy atom. The number of hydrogen-bond acceptors (Lipinski definition) is 7. The predicted molar refractivity (Wildman–Crippen MR) is 140 cm³/mol. The molecule has 2 aromatic heterocycles. The van der Waals surface area contributed by atoms with Crippen molar-refractivity contribution in [2.75, 3.05) is 26.8 Å². The molecule has 2 aromatic carbocycles. The summed E-state index contributed by atoms with van der Waals surface area (Å²) in [7, 11) is 1.63. The summed E-state index contributed by atoms with van der Waals surface area (Å²) in [6, 6.07) is 17.1. The molecule has 0 saturated heterocycles. The second-order valence-corrected chi connectivity index (χ2v) is 9.79. The molecule has 0 aliphatic rings. The molecule has 0 saturated carbocycles. The van der Waals surface area contributed by atoms with Crippen molar-refractivity contribution in [1.82, 2.24) is 14.9 Å². The highest BCUT2D eigenvalue weighted by atomic mass is 32.1. The van der Waals surface area contributed by atoms with Crippen molar-refractivity contribution in [2.45, 2.75) is 26.5 Å². The van der Waals surface area contributed by atoms with Gasteiger partial charge in [0, 0.05) is 24.0 Å². The van der Waals surface area contributed by atoms with Gasteiger partial charge in [-0.3, -0.25) is 9.69 Å². The van der Waals surface area contributed by atoms with E-state index in [4.69, 9.17) is 14.5 Å². The van der Waals surface area contributed by atoms with Crippen molar-refractivity contribution < 1.29 is 14.6 Å². The molecule has 0 amide bonds. The molecular weight excluding hydrogens is 462 g/mol. The molecule has 0 fully saturated rings. The number of para-hydroxylation sites is 1. The Kier molecular flexibility index (Phi) is 8.17. The van der Waals surface area contributed by atoms with E-state index in [1.807, 2.05) is 60.0 Å². The van der Waals surface area contributed by atoms with Crippen LogP contribution in [0.25, 0.3) is 21.3 Å². The van der Waals surface area contributed by atoms with Crippen molar-refractivity contribution in [3.63, 3.8) is 0 Å². The molecule has 4 aromatic rings. The van der Waals surface area contributed by atoms with Crippen molar-refractivity contribution in [1.29, 1.82) is 0 Å². The van der Waals surface area contributed by atoms with Crippen LogP contribution in [0.3, 0.4) is 0 Å². The molecule has 0 aliphatic carbocycles. The minimum Gasteiger partial charge on any atom is -0.497 e. The van der Waals surface area contributed by atoms with Gasteiger partial charge >= 0.3 is 0 Å². The van der Waals surface area contributed by atoms with E-state index in [2.05, 4.69) is 23.7 Å². The van der Waals surface area contributed by atoms with E-state index in [1.54, 1.807) is 7.11 Å². The van der Waals surface area contributed by atoms with Crippen LogP contribution in [-0.2, 0) is 6.54 Å². The maximum atomic E-state index is 13.1. The highest BCUT2D eigenvalue weighted by Crippen LogP contribution is 2.31. The number of nitrogens with one attached hydrogen (secondary N) is 1. The summed E-state index contributed by atoms with van der Waals surface area (Å²) >= 11 is 1.46. The van der Waals surface area contributed by atoms with E-state index in [9.17, 15) is 9.90 Å². The van der Waals surface area contributed by atoms with Gasteiger partial charge in [0.05, 0.1) is 19.0 Å². The van der Waals surface area contributed by atoms with Gasteiger partial charge in [-0.15, -0.1) is 11.3 Å². The fourth-order valence-electron chi connectivity index (χ4n) is 4.04. The number of fused-ring (bicyclic) bond motifs is 1. The van der Waals surface area contributed by atoms with Crippen molar-refractivity contribution in [3.8, 4) is 22.6 Å². The number of ether oxygens (including phenoxy) is 2. The summed E-state index contributed by atoms with van der Waals surface area (Å²) < 4.78 is 10.9. The lowest BCUT2D eigenvalue weighted by Crippen LogP contribution is -2.38. The van der Waals surface area contributed by atoms with Gasteiger partial charge in [0.25, 0.3) is 5.56 Å². The predicted octanol–water partition coefficient (Wildman–Crippen LogP) is 4.56. The zero-order valence-corrected chi connectivity index (χ0v) is 21.0. The molecule has 8 heteroatoms. The molecule has 35 heavy (non-hydrogen) atoms. The highest BCUT2D eigenvalue weighted by Gasteiger charge is 2.18. The van der Waals surface area contributed by atoms with E-state index in [-0.39, 0.29) is 12.2 Å². The Labute approximate surface area is 209 Å². The number of aromatic nitrogens is 2. The van der Waals surface area contributed by atoms with Crippen molar-refractivity contribution in [2.24, 2.45) is 5.92 Å². The molecule has 184 valence electrons. The molecule has 0 aliphatic heterocycles. The fourth-order valence-corrected chi connectivity index (χ4v) is 5.01. The number of methoxy groups -OCH3 is 1. The van der Waals surface area contributed by atoms with Gasteiger partial charge in [-0.25, -0.2) is 4.98 Å². The van der Waals surface area contributed by atoms with Crippen LogP contribution < -0.4 is 15.0 Å². The van der Waals surface area contributed by atoms with Crippen LogP contribution in [0.15, 0.2) is 64.8 Å². The minimum atomic E-state index is -0.673. The standard InChI is InChI=1S/C27H31N3O4S/c1-18(2)13-30(14-20(31)16-34-22-7-5-4-6-8-22)15-24-28-26(32)25-23(17-35-27(25)29-24)19-9-11-21(33-3)12-10-19/h4-12,17-18,20,31H,13-16H2,1-3H3,(H,28,29,32). The zero-order chi connectivity index (χ0) is 24.8. The fraction of sp³-hybridized carbons (Fsp3) is 0.333. The zero-order valence-electron chi connectivity index (χ0n) is 20.2. The average Bonchev–Trinajstić information content (AvgIpc) is 3.27. The second kappa shape index (κ2) is 11.5. The van der Waals surface area contributed by atoms with Gasteiger partial charge in [0.2, 0.25) is 0 Å². The van der Waals surface area contributed by atoms with Crippen LogP contribution in [0.1, 0.15) is 19.7 Å². The summed E-state index contributed by atoms with van der Waals surface area (Å²) in [5.74, 6) is 2.46. The third-order valence-corrected chi connectivity index (χ3v) is 6.42. The number of thiophene rings is 1. The molecule has 0 bridgehead atoms. The first kappa shape index (κ1) is 24.9. The second-order valence-electron chi connectivity index (χ2n) is 8.94. The summed E-state index contributed by atoms with van der Waals surface area (Å²) in [4.78, 5) is 23.6. The first-order valence-corrected chi connectivity index (χ1v) is 12.5. The molecule has 2 heterocycles. The first-order valence-electron chi connectivity index (χ1n) is 11.7. The minimum absolute atomic E-state index is 0.158. The van der Waals surface area contributed by atoms with Gasteiger partial charge in [-0.1, -0.05) is 44.2 Å². The summed E-state index contributed by atoms with van der Waals surface area (Å²) in [6.07, 6.45) is -0.673. The summed E-state index contributed by atoms with van der Waals surface area (Å²) in [6.45, 7) is 6.04. The number of rotatable bonds is 11. The molecule has 1 atom stereocenters. The summed E-state index contributed by atoms with van der Waals surface area (Å²) in [5.41, 5.74) is 1.65. The first-order chi connectivity index (χ1) is 16.9. The number of nitrogens with zero attached hydrogens (tertiary/aromatic N) is 2. The smallest absolute Gasteiger partial charge is 0.260 e. The lowest BCUT2D eigenvalue weighted by atomic mass is 10.1. The molecule has 1 unspecified atom stereocenters. The lowest BCUT2D eigenvalue weighted by molar-refractivity contribution is 0.0606. The molecular formula is C27H31N3O4S. The maximum Gasteiger partial charge on any atom is 0.260 e. The Morgan fingerprint density at radius 2 is 1.80 bits per heavy atom. The van der Waals surface area contributed by atoms with Gasteiger partial charge in [0.15, 0.2) is 0 Å². The Balaban J connectivity index is 1.49. The number of aliphatic hydroxyl groups excluding tert-OH is 1. The number of hydrogen-bond donors (Lipinski definition) is 2. The third kappa shape index (κ3) is 6.48.